The molecule has 0 radical (unpaired) electrons. The first kappa shape index (κ1) is 21.8. The maximum Gasteiger partial charge on any atom is 0.312 e. The van der Waals surface area contributed by atoms with Crippen molar-refractivity contribution < 1.29 is 14.3 Å². The third-order valence-electron chi connectivity index (χ3n) is 6.76. The molecule has 160 valence electrons. The van der Waals surface area contributed by atoms with Crippen LogP contribution in [-0.4, -0.2) is 61.0 Å². The molecular formula is C24H36N2O3. The van der Waals surface area contributed by atoms with Crippen LogP contribution in [0.25, 0.3) is 0 Å². The molecule has 1 amide bonds. The number of hydrogen-bond donors (Lipinski definition) is 0. The number of likely N-dealkylation sites (N-methyl/N-ethyl adjacent to an activating group) is 1. The van der Waals surface area contributed by atoms with E-state index >= 15 is 0 Å². The molecule has 2 aliphatic heterocycles. The number of ether oxygens (including phenoxy) is 1. The van der Waals surface area contributed by atoms with Crippen molar-refractivity contribution in [2.75, 3.05) is 33.3 Å². The first-order chi connectivity index (χ1) is 14.1. The molecule has 0 aliphatic carbocycles. The summed E-state index contributed by atoms with van der Waals surface area (Å²) in [6, 6.07) is 10.4. The number of amides is 1. The van der Waals surface area contributed by atoms with Gasteiger partial charge in [0.2, 0.25) is 5.91 Å². The van der Waals surface area contributed by atoms with Crippen LogP contribution >= 0.6 is 0 Å². The molecule has 0 bridgehead atoms. The minimum absolute atomic E-state index is 0.0110. The van der Waals surface area contributed by atoms with E-state index in [4.69, 9.17) is 4.74 Å². The van der Waals surface area contributed by atoms with Gasteiger partial charge in [0.05, 0.1) is 18.1 Å². The molecule has 0 aromatic heterocycles. The molecule has 0 N–H and O–H groups in total. The topological polar surface area (TPSA) is 49.9 Å². The average molecular weight is 401 g/mol. The summed E-state index contributed by atoms with van der Waals surface area (Å²) in [4.78, 5) is 30.1. The second-order valence-corrected chi connectivity index (χ2v) is 8.66. The van der Waals surface area contributed by atoms with E-state index < -0.39 is 5.41 Å². The number of hydrogen-bond acceptors (Lipinski definition) is 4. The Morgan fingerprint density at radius 2 is 1.83 bits per heavy atom. The van der Waals surface area contributed by atoms with Crippen molar-refractivity contribution >= 4 is 11.9 Å². The Hall–Kier alpha value is -1.88. The summed E-state index contributed by atoms with van der Waals surface area (Å²) in [6.45, 7) is 4.60. The number of rotatable bonds is 7. The molecule has 0 saturated carbocycles. The SMILES string of the molecule is CCOC(=O)C1(CCCc2ccccc2)CCN(C(=O)[C@H]2CCCCN2C)CC1. The van der Waals surface area contributed by atoms with E-state index in [0.717, 1.165) is 38.6 Å². The fraction of sp³-hybridized carbons (Fsp3) is 0.667. The molecular weight excluding hydrogens is 364 g/mol. The molecule has 2 aliphatic rings. The fourth-order valence-electron chi connectivity index (χ4n) is 4.87. The van der Waals surface area contributed by atoms with Crippen molar-refractivity contribution in [2.24, 2.45) is 5.41 Å². The highest BCUT2D eigenvalue weighted by Crippen LogP contribution is 2.38. The average Bonchev–Trinajstić information content (AvgIpc) is 2.75. The van der Waals surface area contributed by atoms with Gasteiger partial charge in [-0.1, -0.05) is 36.8 Å². The Morgan fingerprint density at radius 1 is 1.10 bits per heavy atom. The molecule has 0 spiro atoms. The monoisotopic (exact) mass is 400 g/mol. The van der Waals surface area contributed by atoms with Gasteiger partial charge in [-0.2, -0.15) is 0 Å². The van der Waals surface area contributed by atoms with Crippen molar-refractivity contribution in [3.8, 4) is 0 Å². The van der Waals surface area contributed by atoms with Gasteiger partial charge in [-0.25, -0.2) is 0 Å². The highest BCUT2D eigenvalue weighted by molar-refractivity contribution is 5.83. The number of piperidine rings is 2. The van der Waals surface area contributed by atoms with Crippen LogP contribution in [0.1, 0.15) is 57.4 Å². The summed E-state index contributed by atoms with van der Waals surface area (Å²) in [5, 5.41) is 0. The predicted molar refractivity (Wildman–Crippen MR) is 115 cm³/mol. The zero-order valence-corrected chi connectivity index (χ0v) is 18.1. The highest BCUT2D eigenvalue weighted by atomic mass is 16.5. The molecule has 0 unspecified atom stereocenters. The van der Waals surface area contributed by atoms with Gasteiger partial charge in [0, 0.05) is 13.1 Å². The molecule has 29 heavy (non-hydrogen) atoms. The fourth-order valence-corrected chi connectivity index (χ4v) is 4.87. The summed E-state index contributed by atoms with van der Waals surface area (Å²) < 4.78 is 5.47. The van der Waals surface area contributed by atoms with Crippen molar-refractivity contribution in [3.63, 3.8) is 0 Å². The third-order valence-corrected chi connectivity index (χ3v) is 6.76. The van der Waals surface area contributed by atoms with E-state index in [1.165, 1.54) is 12.0 Å². The number of likely N-dealkylation sites (tertiary alicyclic amines) is 2. The highest BCUT2D eigenvalue weighted by Gasteiger charge is 2.44. The number of nitrogens with zero attached hydrogens (tertiary/aromatic N) is 2. The molecule has 1 aromatic carbocycles. The third kappa shape index (κ3) is 5.39. The largest absolute Gasteiger partial charge is 0.466 e. The van der Waals surface area contributed by atoms with Crippen LogP contribution in [0.2, 0.25) is 0 Å². The van der Waals surface area contributed by atoms with Crippen LogP contribution in [0.4, 0.5) is 0 Å². The zero-order valence-electron chi connectivity index (χ0n) is 18.1. The number of benzene rings is 1. The van der Waals surface area contributed by atoms with Gasteiger partial charge in [-0.3, -0.25) is 14.5 Å². The lowest BCUT2D eigenvalue weighted by molar-refractivity contribution is -0.161. The van der Waals surface area contributed by atoms with Crippen molar-refractivity contribution in [1.29, 1.82) is 0 Å². The lowest BCUT2D eigenvalue weighted by Gasteiger charge is -2.42. The predicted octanol–water partition coefficient (Wildman–Crippen LogP) is 3.67. The molecule has 5 heteroatoms. The van der Waals surface area contributed by atoms with E-state index in [1.807, 2.05) is 17.9 Å². The van der Waals surface area contributed by atoms with E-state index in [9.17, 15) is 9.59 Å². The van der Waals surface area contributed by atoms with E-state index in [1.54, 1.807) is 0 Å². The summed E-state index contributed by atoms with van der Waals surface area (Å²) in [5.74, 6) is 0.170. The van der Waals surface area contributed by atoms with Gasteiger partial charge in [0.1, 0.15) is 0 Å². The smallest absolute Gasteiger partial charge is 0.312 e. The van der Waals surface area contributed by atoms with Gasteiger partial charge in [0.15, 0.2) is 0 Å². The van der Waals surface area contributed by atoms with Crippen molar-refractivity contribution in [2.45, 2.75) is 64.3 Å². The Kier molecular flexibility index (Phi) is 7.70. The maximum absolute atomic E-state index is 13.0. The van der Waals surface area contributed by atoms with Gasteiger partial charge in [-0.15, -0.1) is 0 Å². The lowest BCUT2D eigenvalue weighted by atomic mass is 9.74. The quantitative estimate of drug-likeness (QED) is 0.656. The molecule has 1 aromatic rings. The normalized spacial score (nSPS) is 22.3. The molecule has 2 fully saturated rings. The van der Waals surface area contributed by atoms with Crippen molar-refractivity contribution in [1.82, 2.24) is 9.80 Å². The van der Waals surface area contributed by atoms with Gasteiger partial charge in [-0.05, 0) is 71.0 Å². The maximum atomic E-state index is 13.0. The minimum atomic E-state index is -0.444. The summed E-state index contributed by atoms with van der Waals surface area (Å²) in [5.41, 5.74) is 0.861. The van der Waals surface area contributed by atoms with Gasteiger partial charge in [0.25, 0.3) is 0 Å². The molecule has 3 rings (SSSR count). The zero-order chi connectivity index (χ0) is 20.7. The Labute approximate surface area is 175 Å². The summed E-state index contributed by atoms with van der Waals surface area (Å²) >= 11 is 0. The first-order valence-electron chi connectivity index (χ1n) is 11.3. The van der Waals surface area contributed by atoms with Crippen LogP contribution in [0, 0.1) is 5.41 Å². The van der Waals surface area contributed by atoms with Crippen LogP contribution < -0.4 is 0 Å². The minimum Gasteiger partial charge on any atom is -0.466 e. The lowest BCUT2D eigenvalue weighted by Crippen LogP contribution is -2.53. The van der Waals surface area contributed by atoms with Crippen LogP contribution in [0.15, 0.2) is 30.3 Å². The first-order valence-corrected chi connectivity index (χ1v) is 11.3. The number of aryl methyl sites for hydroxylation is 1. The summed E-state index contributed by atoms with van der Waals surface area (Å²) in [6.07, 6.45) is 7.43. The van der Waals surface area contributed by atoms with Crippen LogP contribution in [0.5, 0.6) is 0 Å². The second kappa shape index (κ2) is 10.2. The molecule has 2 saturated heterocycles. The number of esters is 1. The van der Waals surface area contributed by atoms with E-state index in [-0.39, 0.29) is 17.9 Å². The summed E-state index contributed by atoms with van der Waals surface area (Å²) in [7, 11) is 2.05. The number of carbonyl (C=O) groups is 2. The van der Waals surface area contributed by atoms with E-state index in [2.05, 4.69) is 36.2 Å². The van der Waals surface area contributed by atoms with Crippen LogP contribution in [-0.2, 0) is 20.7 Å². The molecule has 1 atom stereocenters. The Balaban J connectivity index is 1.60. The Bertz CT molecular complexity index is 668. The van der Waals surface area contributed by atoms with Gasteiger partial charge >= 0.3 is 5.97 Å². The number of carbonyl (C=O) groups excluding carboxylic acids is 2. The Morgan fingerprint density at radius 3 is 2.48 bits per heavy atom. The van der Waals surface area contributed by atoms with Crippen LogP contribution in [0.3, 0.4) is 0 Å². The second-order valence-electron chi connectivity index (χ2n) is 8.66. The van der Waals surface area contributed by atoms with E-state index in [0.29, 0.717) is 32.5 Å². The molecule has 5 nitrogen and oxygen atoms in total. The van der Waals surface area contributed by atoms with Gasteiger partial charge < -0.3 is 9.64 Å². The standard InChI is InChI=1S/C24H36N2O3/c1-3-29-23(28)24(14-9-12-20-10-5-4-6-11-20)15-18-26(19-16-24)22(27)21-13-7-8-17-25(21)2/h4-6,10-11,21H,3,7-9,12-19H2,1-2H3/t21-/m1/s1. The molecule has 2 heterocycles. The van der Waals surface area contributed by atoms with Crippen molar-refractivity contribution in [3.05, 3.63) is 35.9 Å².